The Kier molecular flexibility index (Phi) is 6.22. The van der Waals surface area contributed by atoms with E-state index in [1.165, 1.54) is 6.33 Å². The molecule has 0 radical (unpaired) electrons. The van der Waals surface area contributed by atoms with E-state index in [4.69, 9.17) is 16.3 Å². The summed E-state index contributed by atoms with van der Waals surface area (Å²) in [5.74, 6) is 0.0785. The molecule has 1 fully saturated rings. The summed E-state index contributed by atoms with van der Waals surface area (Å²) in [6, 6.07) is 5.32. The Labute approximate surface area is 219 Å². The van der Waals surface area contributed by atoms with Crippen molar-refractivity contribution in [3.8, 4) is 11.1 Å². The number of nitrogens with zero attached hydrogens (tertiary/aromatic N) is 5. The standard InChI is InChI=1S/C27H30ClFN6O2/c1-14-7-8-20-18(10-32-33-20)21(14)22-19(28)9-17-24(23(22)29)30-13-31-25(17)34-11-16(3)35(12-15(34)2)26(36)37-27(4,5)6/h7-10,13,15-16H,11-12H2,1-6H3,(H,32,33)/t15-,16+/m0/s1. The summed E-state index contributed by atoms with van der Waals surface area (Å²) in [5, 5.41) is 8.63. The van der Waals surface area contributed by atoms with Crippen LogP contribution in [0.3, 0.4) is 0 Å². The number of aromatic amines is 1. The number of hydrogen-bond donors (Lipinski definition) is 1. The predicted octanol–water partition coefficient (Wildman–Crippen LogP) is 6.11. The first kappa shape index (κ1) is 25.2. The van der Waals surface area contributed by atoms with Crippen LogP contribution in [0.25, 0.3) is 32.9 Å². The number of hydrogen-bond acceptors (Lipinski definition) is 6. The molecule has 1 saturated heterocycles. The van der Waals surface area contributed by atoms with Gasteiger partial charge in [0.25, 0.3) is 0 Å². The fourth-order valence-corrected chi connectivity index (χ4v) is 5.32. The molecule has 2 atom stereocenters. The molecule has 1 aliphatic rings. The van der Waals surface area contributed by atoms with Crippen molar-refractivity contribution in [1.29, 1.82) is 0 Å². The third kappa shape index (κ3) is 4.45. The van der Waals surface area contributed by atoms with Crippen molar-refractivity contribution in [3.05, 3.63) is 47.1 Å². The number of fused-ring (bicyclic) bond motifs is 2. The van der Waals surface area contributed by atoms with Gasteiger partial charge < -0.3 is 14.5 Å². The number of aromatic nitrogens is 4. The molecule has 0 aliphatic carbocycles. The van der Waals surface area contributed by atoms with Crippen molar-refractivity contribution in [1.82, 2.24) is 25.1 Å². The summed E-state index contributed by atoms with van der Waals surface area (Å²) >= 11 is 6.77. The van der Waals surface area contributed by atoms with Crippen LogP contribution in [0.1, 0.15) is 40.2 Å². The Balaban J connectivity index is 1.56. The molecule has 194 valence electrons. The van der Waals surface area contributed by atoms with E-state index in [1.807, 2.05) is 53.7 Å². The van der Waals surface area contributed by atoms with Crippen LogP contribution in [0.4, 0.5) is 15.0 Å². The van der Waals surface area contributed by atoms with Gasteiger partial charge in [0.15, 0.2) is 5.82 Å². The number of halogens is 2. The number of nitrogens with one attached hydrogen (secondary N) is 1. The molecule has 0 unspecified atom stereocenters. The normalized spacial score (nSPS) is 18.6. The summed E-state index contributed by atoms with van der Waals surface area (Å²) in [7, 11) is 0. The van der Waals surface area contributed by atoms with E-state index in [9.17, 15) is 4.79 Å². The Hall–Kier alpha value is -3.46. The fourth-order valence-electron chi connectivity index (χ4n) is 5.03. The largest absolute Gasteiger partial charge is 0.444 e. The summed E-state index contributed by atoms with van der Waals surface area (Å²) in [6.07, 6.45) is 2.71. The van der Waals surface area contributed by atoms with E-state index in [2.05, 4.69) is 25.1 Å². The highest BCUT2D eigenvalue weighted by atomic mass is 35.5. The summed E-state index contributed by atoms with van der Waals surface area (Å²) < 4.78 is 21.8. The number of rotatable bonds is 2. The van der Waals surface area contributed by atoms with Gasteiger partial charge in [-0.2, -0.15) is 5.10 Å². The van der Waals surface area contributed by atoms with Crippen molar-refractivity contribution >= 4 is 45.3 Å². The molecule has 2 aromatic carbocycles. The van der Waals surface area contributed by atoms with E-state index >= 15 is 4.39 Å². The highest BCUT2D eigenvalue weighted by Gasteiger charge is 2.36. The number of carbonyl (C=O) groups excluding carboxylic acids is 1. The van der Waals surface area contributed by atoms with E-state index in [0.29, 0.717) is 35.4 Å². The van der Waals surface area contributed by atoms with E-state index in [-0.39, 0.29) is 28.7 Å². The predicted molar refractivity (Wildman–Crippen MR) is 144 cm³/mol. The van der Waals surface area contributed by atoms with Crippen LogP contribution in [0, 0.1) is 12.7 Å². The number of piperazine rings is 1. The fraction of sp³-hybridized carbons (Fsp3) is 0.407. The van der Waals surface area contributed by atoms with Crippen molar-refractivity contribution in [2.24, 2.45) is 0 Å². The van der Waals surface area contributed by atoms with Gasteiger partial charge in [0.1, 0.15) is 23.3 Å². The molecule has 0 bridgehead atoms. The lowest BCUT2D eigenvalue weighted by Crippen LogP contribution is -2.59. The van der Waals surface area contributed by atoms with Crippen molar-refractivity contribution in [2.75, 3.05) is 18.0 Å². The van der Waals surface area contributed by atoms with E-state index in [0.717, 1.165) is 16.5 Å². The van der Waals surface area contributed by atoms with Crippen LogP contribution in [-0.2, 0) is 4.74 Å². The smallest absolute Gasteiger partial charge is 0.410 e. The van der Waals surface area contributed by atoms with Gasteiger partial charge >= 0.3 is 6.09 Å². The minimum Gasteiger partial charge on any atom is -0.444 e. The van der Waals surface area contributed by atoms with Gasteiger partial charge in [0.05, 0.1) is 16.7 Å². The lowest BCUT2D eigenvalue weighted by atomic mass is 9.95. The third-order valence-electron chi connectivity index (χ3n) is 6.77. The lowest BCUT2D eigenvalue weighted by Gasteiger charge is -2.44. The summed E-state index contributed by atoms with van der Waals surface area (Å²) in [5.41, 5.74) is 2.27. The third-order valence-corrected chi connectivity index (χ3v) is 7.07. The van der Waals surface area contributed by atoms with Gasteiger partial charge in [-0.05, 0) is 59.2 Å². The monoisotopic (exact) mass is 524 g/mol. The van der Waals surface area contributed by atoms with Crippen molar-refractivity contribution < 1.29 is 13.9 Å². The van der Waals surface area contributed by atoms with Crippen LogP contribution >= 0.6 is 11.6 Å². The van der Waals surface area contributed by atoms with Crippen LogP contribution in [-0.4, -0.2) is 61.9 Å². The molecule has 1 N–H and O–H groups in total. The van der Waals surface area contributed by atoms with Gasteiger partial charge in [-0.25, -0.2) is 19.2 Å². The Morgan fingerprint density at radius 1 is 1.14 bits per heavy atom. The van der Waals surface area contributed by atoms with Gasteiger partial charge in [-0.15, -0.1) is 0 Å². The quantitative estimate of drug-likeness (QED) is 0.340. The first-order chi connectivity index (χ1) is 17.5. The second-order valence-corrected chi connectivity index (χ2v) is 11.1. The number of ether oxygens (including phenoxy) is 1. The molecule has 3 heterocycles. The molecular formula is C27H30ClFN6O2. The summed E-state index contributed by atoms with van der Waals surface area (Å²) in [6.45, 7) is 12.4. The zero-order valence-electron chi connectivity index (χ0n) is 21.8. The van der Waals surface area contributed by atoms with Crippen LogP contribution in [0.2, 0.25) is 5.02 Å². The molecule has 8 nitrogen and oxygen atoms in total. The van der Waals surface area contributed by atoms with E-state index in [1.54, 1.807) is 17.2 Å². The van der Waals surface area contributed by atoms with Gasteiger partial charge in [-0.1, -0.05) is 17.7 Å². The number of H-pyrrole nitrogens is 1. The van der Waals surface area contributed by atoms with Gasteiger partial charge in [0.2, 0.25) is 0 Å². The van der Waals surface area contributed by atoms with Crippen molar-refractivity contribution in [3.63, 3.8) is 0 Å². The second kappa shape index (κ2) is 9.13. The summed E-state index contributed by atoms with van der Waals surface area (Å²) in [4.78, 5) is 25.4. The average Bonchev–Trinajstić information content (AvgIpc) is 3.29. The van der Waals surface area contributed by atoms with Gasteiger partial charge in [-0.3, -0.25) is 5.10 Å². The number of benzene rings is 2. The van der Waals surface area contributed by atoms with Crippen LogP contribution in [0.15, 0.2) is 30.7 Å². The Morgan fingerprint density at radius 3 is 2.62 bits per heavy atom. The molecule has 1 aliphatic heterocycles. The number of anilines is 1. The van der Waals surface area contributed by atoms with Crippen LogP contribution in [0.5, 0.6) is 0 Å². The maximum atomic E-state index is 16.2. The molecule has 10 heteroatoms. The van der Waals surface area contributed by atoms with Gasteiger partial charge in [0, 0.05) is 47.1 Å². The molecule has 1 amide bonds. The zero-order chi connectivity index (χ0) is 26.6. The molecule has 0 spiro atoms. The maximum absolute atomic E-state index is 16.2. The molecular weight excluding hydrogens is 495 g/mol. The first-order valence-corrected chi connectivity index (χ1v) is 12.7. The lowest BCUT2D eigenvalue weighted by molar-refractivity contribution is 0.0130. The number of carbonyl (C=O) groups is 1. The molecule has 0 saturated carbocycles. The Morgan fingerprint density at radius 2 is 1.89 bits per heavy atom. The highest BCUT2D eigenvalue weighted by Crippen LogP contribution is 2.42. The Bertz CT molecular complexity index is 1510. The molecule has 4 aromatic rings. The molecule has 2 aromatic heterocycles. The second-order valence-electron chi connectivity index (χ2n) is 10.7. The zero-order valence-corrected chi connectivity index (χ0v) is 22.5. The number of amides is 1. The minimum absolute atomic E-state index is 0.0924. The van der Waals surface area contributed by atoms with Crippen LogP contribution < -0.4 is 4.90 Å². The highest BCUT2D eigenvalue weighted by molar-refractivity contribution is 6.35. The topological polar surface area (TPSA) is 87.2 Å². The maximum Gasteiger partial charge on any atom is 0.410 e. The SMILES string of the molecule is Cc1ccc2[nH]ncc2c1-c1c(Cl)cc2c(N3C[C@@H](C)N(C(=O)OC(C)(C)C)C[C@@H]3C)ncnc2c1F. The number of aryl methyl sites for hydroxylation is 1. The first-order valence-electron chi connectivity index (χ1n) is 12.3. The molecule has 5 rings (SSSR count). The van der Waals surface area contributed by atoms with Crippen molar-refractivity contribution in [2.45, 2.75) is 59.2 Å². The minimum atomic E-state index is -0.578. The molecule has 37 heavy (non-hydrogen) atoms. The van der Waals surface area contributed by atoms with E-state index < -0.39 is 11.4 Å². The average molecular weight is 525 g/mol.